The fourth-order valence-corrected chi connectivity index (χ4v) is 2.35. The zero-order chi connectivity index (χ0) is 17.7. The lowest BCUT2D eigenvalue weighted by molar-refractivity contribution is 0.0953. The Labute approximate surface area is 145 Å². The predicted octanol–water partition coefficient (Wildman–Crippen LogP) is 2.29. The Bertz CT molecular complexity index is 777. The number of primary amides is 1. The van der Waals surface area contributed by atoms with E-state index in [4.69, 9.17) is 17.3 Å². The van der Waals surface area contributed by atoms with Crippen LogP contribution in [0.1, 0.15) is 32.0 Å². The van der Waals surface area contributed by atoms with E-state index in [2.05, 4.69) is 15.6 Å². The van der Waals surface area contributed by atoms with E-state index in [0.717, 1.165) is 11.3 Å². The van der Waals surface area contributed by atoms with Gasteiger partial charge in [-0.2, -0.15) is 0 Å². The van der Waals surface area contributed by atoms with Gasteiger partial charge < -0.3 is 16.4 Å². The maximum Gasteiger partial charge on any atom is 0.252 e. The maximum absolute atomic E-state index is 12.0. The second kappa shape index (κ2) is 7.79. The summed E-state index contributed by atoms with van der Waals surface area (Å²) in [7, 11) is 0. The number of carbonyl (C=O) groups is 2. The van der Waals surface area contributed by atoms with Gasteiger partial charge in [0, 0.05) is 18.8 Å². The van der Waals surface area contributed by atoms with Crippen LogP contribution in [0.4, 0.5) is 5.82 Å². The minimum Gasteiger partial charge on any atom is -0.368 e. The Kier molecular flexibility index (Phi) is 5.76. The van der Waals surface area contributed by atoms with Crippen LogP contribution < -0.4 is 16.4 Å². The number of amides is 2. The number of pyridine rings is 1. The molecule has 1 heterocycles. The number of benzene rings is 1. The quantitative estimate of drug-likeness (QED) is 0.699. The molecule has 0 atom stereocenters. The minimum atomic E-state index is -0.548. The molecule has 0 saturated carbocycles. The molecule has 2 amide bonds. The number of carbonyl (C=O) groups excluding carboxylic acids is 2. The molecule has 0 radical (unpaired) electrons. The summed E-state index contributed by atoms with van der Waals surface area (Å²) in [5.74, 6) is -0.392. The van der Waals surface area contributed by atoms with Gasteiger partial charge in [0.15, 0.2) is 0 Å². The minimum absolute atomic E-state index is 0.259. The van der Waals surface area contributed by atoms with Crippen molar-refractivity contribution >= 4 is 29.2 Å². The Morgan fingerprint density at radius 2 is 1.88 bits per heavy atom. The van der Waals surface area contributed by atoms with E-state index in [1.165, 1.54) is 0 Å². The molecule has 0 unspecified atom stereocenters. The number of anilines is 1. The number of nitrogens with two attached hydrogens (primary N) is 1. The van der Waals surface area contributed by atoms with Crippen molar-refractivity contribution in [2.24, 2.45) is 5.73 Å². The van der Waals surface area contributed by atoms with Gasteiger partial charge in [-0.25, -0.2) is 4.98 Å². The Balaban J connectivity index is 1.95. The monoisotopic (exact) mass is 346 g/mol. The highest BCUT2D eigenvalue weighted by atomic mass is 35.5. The van der Waals surface area contributed by atoms with Gasteiger partial charge in [-0.05, 0) is 37.6 Å². The number of nitrogens with zero attached hydrogens (tertiary/aromatic N) is 1. The molecule has 0 fully saturated rings. The predicted molar refractivity (Wildman–Crippen MR) is 94.5 cm³/mol. The van der Waals surface area contributed by atoms with Crippen molar-refractivity contribution in [3.63, 3.8) is 0 Å². The standard InChI is InChI=1S/C17H19ClN4O2/c1-10-9-13(15(19)23)16(22-11(10)2)20-7-8-21-17(24)12-5-3-4-6-14(12)18/h3-6,9H,7-8H2,1-2H3,(H2,19,23)(H,20,22)(H,21,24). The lowest BCUT2D eigenvalue weighted by Crippen LogP contribution is -2.29. The molecule has 24 heavy (non-hydrogen) atoms. The fraction of sp³-hybridized carbons (Fsp3) is 0.235. The highest BCUT2D eigenvalue weighted by Gasteiger charge is 2.12. The summed E-state index contributed by atoms with van der Waals surface area (Å²) >= 11 is 5.98. The Morgan fingerprint density at radius 1 is 1.17 bits per heavy atom. The van der Waals surface area contributed by atoms with Crippen LogP contribution in [0.5, 0.6) is 0 Å². The molecule has 1 aromatic carbocycles. The molecule has 0 aliphatic carbocycles. The summed E-state index contributed by atoms with van der Waals surface area (Å²) in [4.78, 5) is 27.9. The highest BCUT2D eigenvalue weighted by Crippen LogP contribution is 2.16. The summed E-state index contributed by atoms with van der Waals surface area (Å²) < 4.78 is 0. The first-order chi connectivity index (χ1) is 11.4. The lowest BCUT2D eigenvalue weighted by Gasteiger charge is -2.12. The van der Waals surface area contributed by atoms with Gasteiger partial charge in [0.2, 0.25) is 0 Å². The molecule has 7 heteroatoms. The molecule has 0 aliphatic heterocycles. The zero-order valence-electron chi connectivity index (χ0n) is 13.5. The molecule has 4 N–H and O–H groups in total. The van der Waals surface area contributed by atoms with Gasteiger partial charge in [0.1, 0.15) is 5.82 Å². The molecule has 126 valence electrons. The normalized spacial score (nSPS) is 10.3. The average molecular weight is 347 g/mol. The highest BCUT2D eigenvalue weighted by molar-refractivity contribution is 6.33. The number of nitrogens with one attached hydrogen (secondary N) is 2. The molecule has 0 spiro atoms. The summed E-state index contributed by atoms with van der Waals surface area (Å²) in [6, 6.07) is 8.53. The summed E-state index contributed by atoms with van der Waals surface area (Å²) in [6.45, 7) is 4.45. The number of aromatic nitrogens is 1. The third-order valence-electron chi connectivity index (χ3n) is 3.55. The molecule has 2 rings (SSSR count). The first kappa shape index (κ1) is 17.7. The van der Waals surface area contributed by atoms with Crippen molar-refractivity contribution < 1.29 is 9.59 Å². The average Bonchev–Trinajstić information content (AvgIpc) is 2.54. The second-order valence-corrected chi connectivity index (χ2v) is 5.72. The smallest absolute Gasteiger partial charge is 0.252 e. The van der Waals surface area contributed by atoms with Crippen molar-refractivity contribution in [1.29, 1.82) is 0 Å². The van der Waals surface area contributed by atoms with Crippen LogP contribution in [0.3, 0.4) is 0 Å². The third-order valence-corrected chi connectivity index (χ3v) is 3.88. The molecular weight excluding hydrogens is 328 g/mol. The fourth-order valence-electron chi connectivity index (χ4n) is 2.13. The third kappa shape index (κ3) is 4.23. The van der Waals surface area contributed by atoms with E-state index in [-0.39, 0.29) is 5.91 Å². The van der Waals surface area contributed by atoms with Gasteiger partial charge in [-0.1, -0.05) is 23.7 Å². The number of hydrogen-bond donors (Lipinski definition) is 3. The van der Waals surface area contributed by atoms with Gasteiger partial charge in [-0.15, -0.1) is 0 Å². The molecule has 0 aliphatic rings. The number of rotatable bonds is 6. The first-order valence-corrected chi connectivity index (χ1v) is 7.82. The number of halogens is 1. The SMILES string of the molecule is Cc1cc(C(N)=O)c(NCCNC(=O)c2ccccc2Cl)nc1C. The maximum atomic E-state index is 12.0. The van der Waals surface area contributed by atoms with Gasteiger partial charge in [0.25, 0.3) is 11.8 Å². The molecule has 2 aromatic rings. The van der Waals surface area contributed by atoms with Gasteiger partial charge >= 0.3 is 0 Å². The van der Waals surface area contributed by atoms with Crippen LogP contribution in [0.2, 0.25) is 5.02 Å². The van der Waals surface area contributed by atoms with E-state index >= 15 is 0 Å². The Hall–Kier alpha value is -2.60. The summed E-state index contributed by atoms with van der Waals surface area (Å²) in [5.41, 5.74) is 7.82. The van der Waals surface area contributed by atoms with Crippen LogP contribution in [-0.4, -0.2) is 29.9 Å². The second-order valence-electron chi connectivity index (χ2n) is 5.31. The summed E-state index contributed by atoms with van der Waals surface area (Å²) in [6.07, 6.45) is 0. The van der Waals surface area contributed by atoms with E-state index in [0.29, 0.717) is 35.1 Å². The molecule has 1 aromatic heterocycles. The molecule has 0 bridgehead atoms. The van der Waals surface area contributed by atoms with Crippen molar-refractivity contribution in [2.45, 2.75) is 13.8 Å². The van der Waals surface area contributed by atoms with Crippen molar-refractivity contribution in [3.05, 3.63) is 57.7 Å². The largest absolute Gasteiger partial charge is 0.368 e. The topological polar surface area (TPSA) is 97.1 Å². The van der Waals surface area contributed by atoms with Crippen LogP contribution >= 0.6 is 11.6 Å². The van der Waals surface area contributed by atoms with Crippen LogP contribution in [0.15, 0.2) is 30.3 Å². The van der Waals surface area contributed by atoms with Crippen molar-refractivity contribution in [1.82, 2.24) is 10.3 Å². The van der Waals surface area contributed by atoms with E-state index < -0.39 is 5.91 Å². The molecular formula is C17H19ClN4O2. The van der Waals surface area contributed by atoms with Gasteiger partial charge in [0.05, 0.1) is 16.1 Å². The lowest BCUT2D eigenvalue weighted by atomic mass is 10.1. The van der Waals surface area contributed by atoms with Crippen molar-refractivity contribution in [2.75, 3.05) is 18.4 Å². The van der Waals surface area contributed by atoms with E-state index in [9.17, 15) is 9.59 Å². The van der Waals surface area contributed by atoms with Crippen LogP contribution in [0, 0.1) is 13.8 Å². The number of hydrogen-bond acceptors (Lipinski definition) is 4. The molecule has 0 saturated heterocycles. The zero-order valence-corrected chi connectivity index (χ0v) is 14.3. The van der Waals surface area contributed by atoms with Crippen LogP contribution in [-0.2, 0) is 0 Å². The van der Waals surface area contributed by atoms with E-state index in [1.807, 2.05) is 13.8 Å². The number of aryl methyl sites for hydroxylation is 2. The summed E-state index contributed by atoms with van der Waals surface area (Å²) in [5, 5.41) is 6.18. The van der Waals surface area contributed by atoms with Gasteiger partial charge in [-0.3, -0.25) is 9.59 Å². The van der Waals surface area contributed by atoms with Crippen LogP contribution in [0.25, 0.3) is 0 Å². The van der Waals surface area contributed by atoms with E-state index in [1.54, 1.807) is 30.3 Å². The van der Waals surface area contributed by atoms with Crippen molar-refractivity contribution in [3.8, 4) is 0 Å². The Morgan fingerprint density at radius 3 is 2.54 bits per heavy atom. The molecule has 6 nitrogen and oxygen atoms in total. The first-order valence-electron chi connectivity index (χ1n) is 7.44.